The fourth-order valence-corrected chi connectivity index (χ4v) is 1.81. The maximum absolute atomic E-state index is 11.5. The molecular formula is C15H25N3O2. The highest BCUT2D eigenvalue weighted by atomic mass is 16.5. The summed E-state index contributed by atoms with van der Waals surface area (Å²) in [4.78, 5) is 17.5. The van der Waals surface area contributed by atoms with Crippen LogP contribution in [0.5, 0.6) is 5.75 Å². The van der Waals surface area contributed by atoms with Crippen molar-refractivity contribution >= 4 is 5.91 Å². The minimum atomic E-state index is 0.0435. The van der Waals surface area contributed by atoms with E-state index in [-0.39, 0.29) is 11.9 Å². The Bertz CT molecular complexity index is 445. The summed E-state index contributed by atoms with van der Waals surface area (Å²) >= 11 is 0. The Morgan fingerprint density at radius 2 is 2.15 bits per heavy atom. The van der Waals surface area contributed by atoms with Crippen LogP contribution in [0.2, 0.25) is 0 Å². The van der Waals surface area contributed by atoms with Crippen molar-refractivity contribution in [2.75, 3.05) is 20.7 Å². The van der Waals surface area contributed by atoms with E-state index in [4.69, 9.17) is 10.5 Å². The number of aromatic nitrogens is 1. The topological polar surface area (TPSA) is 68.5 Å². The number of amides is 1. The summed E-state index contributed by atoms with van der Waals surface area (Å²) < 4.78 is 5.73. The predicted molar refractivity (Wildman–Crippen MR) is 79.8 cm³/mol. The van der Waals surface area contributed by atoms with Crippen LogP contribution in [0.4, 0.5) is 0 Å². The highest BCUT2D eigenvalue weighted by Crippen LogP contribution is 2.18. The first-order chi connectivity index (χ1) is 9.40. The van der Waals surface area contributed by atoms with Crippen LogP contribution in [0.1, 0.15) is 31.2 Å². The van der Waals surface area contributed by atoms with Gasteiger partial charge in [0.05, 0.1) is 12.3 Å². The lowest BCUT2D eigenvalue weighted by molar-refractivity contribution is -0.128. The third kappa shape index (κ3) is 5.57. The number of carbonyl (C=O) groups excluding carboxylic acids is 1. The van der Waals surface area contributed by atoms with Crippen LogP contribution in [0.25, 0.3) is 0 Å². The third-order valence-corrected chi connectivity index (χ3v) is 2.88. The molecule has 20 heavy (non-hydrogen) atoms. The van der Waals surface area contributed by atoms with Gasteiger partial charge >= 0.3 is 0 Å². The highest BCUT2D eigenvalue weighted by Gasteiger charge is 2.09. The first-order valence-electron chi connectivity index (χ1n) is 6.95. The lowest BCUT2D eigenvalue weighted by atomic mass is 10.1. The molecule has 2 N–H and O–H groups in total. The van der Waals surface area contributed by atoms with Crippen molar-refractivity contribution in [1.29, 1.82) is 0 Å². The minimum Gasteiger partial charge on any atom is -0.492 e. The smallest absolute Gasteiger partial charge is 0.222 e. The number of aryl methyl sites for hydroxylation is 1. The summed E-state index contributed by atoms with van der Waals surface area (Å²) in [5.41, 5.74) is 7.67. The highest BCUT2D eigenvalue weighted by molar-refractivity contribution is 5.75. The second-order valence-corrected chi connectivity index (χ2v) is 5.32. The quantitative estimate of drug-likeness (QED) is 0.769. The molecule has 5 nitrogen and oxygen atoms in total. The fraction of sp³-hybridized carbons (Fsp3) is 0.600. The molecule has 0 saturated carbocycles. The van der Waals surface area contributed by atoms with Crippen molar-refractivity contribution in [1.82, 2.24) is 9.88 Å². The fourth-order valence-electron chi connectivity index (χ4n) is 1.81. The average molecular weight is 279 g/mol. The molecule has 1 heterocycles. The number of rotatable bonds is 7. The van der Waals surface area contributed by atoms with Crippen LogP contribution in [-0.4, -0.2) is 42.5 Å². The first-order valence-corrected chi connectivity index (χ1v) is 6.95. The Labute approximate surface area is 121 Å². The molecule has 1 aromatic heterocycles. The van der Waals surface area contributed by atoms with Gasteiger partial charge in [-0.3, -0.25) is 9.78 Å². The van der Waals surface area contributed by atoms with E-state index in [2.05, 4.69) is 4.98 Å². The molecule has 0 spiro atoms. The summed E-state index contributed by atoms with van der Waals surface area (Å²) in [5, 5.41) is 0. The number of nitrogens with zero attached hydrogens (tertiary/aromatic N) is 2. The molecule has 0 aromatic carbocycles. The maximum atomic E-state index is 11.5. The number of carbonyl (C=O) groups is 1. The monoisotopic (exact) mass is 279 g/mol. The van der Waals surface area contributed by atoms with Gasteiger partial charge in [-0.1, -0.05) is 0 Å². The van der Waals surface area contributed by atoms with Crippen molar-refractivity contribution in [3.8, 4) is 5.75 Å². The second-order valence-electron chi connectivity index (χ2n) is 5.32. The van der Waals surface area contributed by atoms with E-state index in [0.29, 0.717) is 25.9 Å². The van der Waals surface area contributed by atoms with Crippen LogP contribution in [0, 0.1) is 6.92 Å². The second kappa shape index (κ2) is 7.85. The zero-order valence-electron chi connectivity index (χ0n) is 12.8. The summed E-state index contributed by atoms with van der Waals surface area (Å²) in [6.45, 7) is 4.41. The number of ether oxygens (including phenoxy) is 1. The zero-order chi connectivity index (χ0) is 15.1. The van der Waals surface area contributed by atoms with E-state index >= 15 is 0 Å². The molecule has 0 fully saturated rings. The van der Waals surface area contributed by atoms with Gasteiger partial charge in [0, 0.05) is 38.7 Å². The van der Waals surface area contributed by atoms with Crippen molar-refractivity contribution in [3.63, 3.8) is 0 Å². The normalized spacial score (nSPS) is 12.1. The number of nitrogens with two attached hydrogens (primary N) is 1. The molecule has 1 unspecified atom stereocenters. The van der Waals surface area contributed by atoms with Crippen molar-refractivity contribution < 1.29 is 9.53 Å². The van der Waals surface area contributed by atoms with Gasteiger partial charge in [-0.15, -0.1) is 0 Å². The third-order valence-electron chi connectivity index (χ3n) is 2.88. The predicted octanol–water partition coefficient (Wildman–Crippen LogP) is 1.53. The Morgan fingerprint density at radius 3 is 2.75 bits per heavy atom. The van der Waals surface area contributed by atoms with Crippen LogP contribution >= 0.6 is 0 Å². The molecule has 5 heteroatoms. The first kappa shape index (κ1) is 16.4. The van der Waals surface area contributed by atoms with Gasteiger partial charge in [-0.05, 0) is 32.4 Å². The molecule has 1 atom stereocenters. The Kier molecular flexibility index (Phi) is 6.45. The molecule has 1 amide bonds. The lowest BCUT2D eigenvalue weighted by Crippen LogP contribution is -2.22. The molecule has 0 aliphatic carbocycles. The van der Waals surface area contributed by atoms with E-state index in [9.17, 15) is 4.79 Å². The van der Waals surface area contributed by atoms with E-state index in [1.165, 1.54) is 0 Å². The number of pyridine rings is 1. The largest absolute Gasteiger partial charge is 0.492 e. The van der Waals surface area contributed by atoms with Crippen LogP contribution in [0.15, 0.2) is 12.1 Å². The van der Waals surface area contributed by atoms with Crippen molar-refractivity contribution in [2.24, 2.45) is 5.73 Å². The molecule has 0 aliphatic rings. The Hall–Kier alpha value is -1.62. The van der Waals surface area contributed by atoms with Gasteiger partial charge in [-0.25, -0.2) is 0 Å². The maximum Gasteiger partial charge on any atom is 0.222 e. The molecule has 1 rings (SSSR count). The van der Waals surface area contributed by atoms with Crippen molar-refractivity contribution in [2.45, 2.75) is 39.2 Å². The van der Waals surface area contributed by atoms with Crippen LogP contribution in [-0.2, 0) is 11.2 Å². The zero-order valence-corrected chi connectivity index (χ0v) is 12.8. The SMILES string of the molecule is Cc1ccc(OCCCC(=O)N(C)C)c(CC(C)N)n1. The summed E-state index contributed by atoms with van der Waals surface area (Å²) in [7, 11) is 3.52. The summed E-state index contributed by atoms with van der Waals surface area (Å²) in [6, 6.07) is 3.89. The van der Waals surface area contributed by atoms with Gasteiger partial charge in [0.2, 0.25) is 5.91 Å². The van der Waals surface area contributed by atoms with E-state index < -0.39 is 0 Å². The molecule has 1 aromatic rings. The minimum absolute atomic E-state index is 0.0435. The van der Waals surface area contributed by atoms with Gasteiger partial charge in [-0.2, -0.15) is 0 Å². The molecule has 0 saturated heterocycles. The van der Waals surface area contributed by atoms with E-state index in [0.717, 1.165) is 17.1 Å². The van der Waals surface area contributed by atoms with Crippen molar-refractivity contribution in [3.05, 3.63) is 23.5 Å². The molecule has 0 bridgehead atoms. The van der Waals surface area contributed by atoms with E-state index in [1.807, 2.05) is 26.0 Å². The Balaban J connectivity index is 2.52. The van der Waals surface area contributed by atoms with Gasteiger partial charge in [0.1, 0.15) is 5.75 Å². The number of hydrogen-bond donors (Lipinski definition) is 1. The molecule has 112 valence electrons. The average Bonchev–Trinajstić information content (AvgIpc) is 2.35. The molecule has 0 radical (unpaired) electrons. The molecular weight excluding hydrogens is 254 g/mol. The number of hydrogen-bond acceptors (Lipinski definition) is 4. The van der Waals surface area contributed by atoms with Crippen LogP contribution in [0.3, 0.4) is 0 Å². The lowest BCUT2D eigenvalue weighted by Gasteiger charge is -2.14. The van der Waals surface area contributed by atoms with Gasteiger partial charge in [0.15, 0.2) is 0 Å². The molecule has 0 aliphatic heterocycles. The Morgan fingerprint density at radius 1 is 1.45 bits per heavy atom. The standard InChI is InChI=1S/C15H25N3O2/c1-11(16)10-13-14(8-7-12(2)17-13)20-9-5-6-15(19)18(3)4/h7-8,11H,5-6,9-10,16H2,1-4H3. The summed E-state index contributed by atoms with van der Waals surface area (Å²) in [6.07, 6.45) is 1.88. The van der Waals surface area contributed by atoms with Gasteiger partial charge < -0.3 is 15.4 Å². The van der Waals surface area contributed by atoms with Crippen LogP contribution < -0.4 is 10.5 Å². The van der Waals surface area contributed by atoms with E-state index in [1.54, 1.807) is 19.0 Å². The van der Waals surface area contributed by atoms with Gasteiger partial charge in [0.25, 0.3) is 0 Å². The summed E-state index contributed by atoms with van der Waals surface area (Å²) in [5.74, 6) is 0.886.